The molecular weight excluding hydrogens is 394 g/mol. The van der Waals surface area contributed by atoms with Crippen LogP contribution in [0.4, 0.5) is 5.69 Å². The van der Waals surface area contributed by atoms with Gasteiger partial charge in [0.05, 0.1) is 6.67 Å². The summed E-state index contributed by atoms with van der Waals surface area (Å²) in [7, 11) is 0. The fourth-order valence-electron chi connectivity index (χ4n) is 5.79. The number of hydrogen-bond donors (Lipinski definition) is 1. The van der Waals surface area contributed by atoms with Gasteiger partial charge in [-0.05, 0) is 62.1 Å². The molecule has 5 rings (SSSR count). The number of hydrogen-bond acceptors (Lipinski definition) is 3. The molecule has 1 amide bonds. The molecule has 0 bridgehead atoms. The molecule has 0 aromatic heterocycles. The Balaban J connectivity index is 0.00000218. The Morgan fingerprint density at radius 1 is 0.833 bits per heavy atom. The average molecular weight is 426 g/mol. The van der Waals surface area contributed by atoms with Crippen molar-refractivity contribution in [1.82, 2.24) is 10.2 Å². The standard InChI is InChI=1S/C25H31N3O.ClH/c29-24-25(28(19-26-24)23-9-5-2-6-10-23)15-17-27(18-16-25)22-13-11-21(12-14-22)20-7-3-1-4-8-20;/h1-10,21-22H,11-19H2,(H,26,29);1H/t21-,22+;. The number of carbonyl (C=O) groups is 1. The van der Waals surface area contributed by atoms with Crippen LogP contribution in [0.15, 0.2) is 60.7 Å². The van der Waals surface area contributed by atoms with Gasteiger partial charge in [0.2, 0.25) is 5.91 Å². The summed E-state index contributed by atoms with van der Waals surface area (Å²) in [6, 6.07) is 22.1. The second kappa shape index (κ2) is 8.99. The van der Waals surface area contributed by atoms with Gasteiger partial charge in [-0.25, -0.2) is 0 Å². The van der Waals surface area contributed by atoms with Crippen LogP contribution >= 0.6 is 12.4 Å². The molecule has 160 valence electrons. The van der Waals surface area contributed by atoms with Crippen molar-refractivity contribution in [2.75, 3.05) is 24.7 Å². The number of amides is 1. The van der Waals surface area contributed by atoms with E-state index in [0.717, 1.165) is 37.5 Å². The molecule has 1 saturated carbocycles. The molecule has 2 heterocycles. The van der Waals surface area contributed by atoms with E-state index < -0.39 is 0 Å². The predicted octanol–water partition coefficient (Wildman–Crippen LogP) is 4.56. The second-order valence-electron chi connectivity index (χ2n) is 8.91. The van der Waals surface area contributed by atoms with E-state index in [9.17, 15) is 4.79 Å². The Labute approximate surface area is 186 Å². The van der Waals surface area contributed by atoms with Crippen LogP contribution in [-0.2, 0) is 4.79 Å². The molecule has 0 atom stereocenters. The Morgan fingerprint density at radius 3 is 2.07 bits per heavy atom. The molecule has 1 N–H and O–H groups in total. The molecule has 4 nitrogen and oxygen atoms in total. The van der Waals surface area contributed by atoms with Gasteiger partial charge < -0.3 is 15.1 Å². The maximum atomic E-state index is 12.8. The largest absolute Gasteiger partial charge is 0.339 e. The number of nitrogens with zero attached hydrogens (tertiary/aromatic N) is 2. The summed E-state index contributed by atoms with van der Waals surface area (Å²) in [4.78, 5) is 17.8. The number of piperidine rings is 1. The van der Waals surface area contributed by atoms with E-state index >= 15 is 0 Å². The summed E-state index contributed by atoms with van der Waals surface area (Å²) in [6.45, 7) is 2.68. The van der Waals surface area contributed by atoms with E-state index in [1.165, 1.54) is 31.2 Å². The minimum atomic E-state index is -0.362. The van der Waals surface area contributed by atoms with Crippen molar-refractivity contribution in [2.24, 2.45) is 0 Å². The lowest BCUT2D eigenvalue weighted by atomic mass is 9.79. The predicted molar refractivity (Wildman–Crippen MR) is 124 cm³/mol. The number of halogens is 1. The fraction of sp³-hybridized carbons (Fsp3) is 0.480. The van der Waals surface area contributed by atoms with Gasteiger partial charge in [-0.3, -0.25) is 4.79 Å². The fourth-order valence-corrected chi connectivity index (χ4v) is 5.79. The SMILES string of the molecule is Cl.O=C1NCN(c2ccccc2)C12CCN([C@H]1CC[C@@H](c3ccccc3)CC1)CC2. The molecule has 2 aliphatic heterocycles. The van der Waals surface area contributed by atoms with Gasteiger partial charge in [-0.15, -0.1) is 12.4 Å². The van der Waals surface area contributed by atoms with Crippen LogP contribution in [-0.4, -0.2) is 42.1 Å². The van der Waals surface area contributed by atoms with E-state index in [1.807, 2.05) is 6.07 Å². The number of likely N-dealkylation sites (tertiary alicyclic amines) is 1. The first kappa shape index (κ1) is 21.2. The number of carbonyl (C=O) groups excluding carboxylic acids is 1. The molecule has 0 radical (unpaired) electrons. The minimum absolute atomic E-state index is 0. The highest BCUT2D eigenvalue weighted by atomic mass is 35.5. The lowest BCUT2D eigenvalue weighted by Crippen LogP contribution is -2.58. The third-order valence-corrected chi connectivity index (χ3v) is 7.51. The molecular formula is C25H32ClN3O. The zero-order chi connectivity index (χ0) is 19.7. The van der Waals surface area contributed by atoms with Crippen LogP contribution in [0.5, 0.6) is 0 Å². The van der Waals surface area contributed by atoms with Gasteiger partial charge in [-0.2, -0.15) is 0 Å². The molecule has 3 aliphatic rings. The molecule has 2 aromatic rings. The third-order valence-electron chi connectivity index (χ3n) is 7.51. The zero-order valence-electron chi connectivity index (χ0n) is 17.5. The first-order chi connectivity index (χ1) is 14.3. The third kappa shape index (κ3) is 3.83. The second-order valence-corrected chi connectivity index (χ2v) is 8.91. The maximum Gasteiger partial charge on any atom is 0.247 e. The van der Waals surface area contributed by atoms with Crippen molar-refractivity contribution < 1.29 is 4.79 Å². The van der Waals surface area contributed by atoms with Crippen LogP contribution in [0, 0.1) is 0 Å². The molecule has 5 heteroatoms. The minimum Gasteiger partial charge on any atom is -0.339 e. The van der Waals surface area contributed by atoms with Crippen molar-refractivity contribution in [3.63, 3.8) is 0 Å². The summed E-state index contributed by atoms with van der Waals surface area (Å²) < 4.78 is 0. The molecule has 0 unspecified atom stereocenters. The number of nitrogens with one attached hydrogen (secondary N) is 1. The highest BCUT2D eigenvalue weighted by molar-refractivity contribution is 5.93. The molecule has 1 aliphatic carbocycles. The molecule has 1 spiro atoms. The Hall–Kier alpha value is -2.04. The van der Waals surface area contributed by atoms with Crippen LogP contribution in [0.2, 0.25) is 0 Å². The van der Waals surface area contributed by atoms with Crippen molar-refractivity contribution in [1.29, 1.82) is 0 Å². The topological polar surface area (TPSA) is 35.6 Å². The molecule has 2 saturated heterocycles. The van der Waals surface area contributed by atoms with Crippen LogP contribution in [0.25, 0.3) is 0 Å². The molecule has 2 aromatic carbocycles. The summed E-state index contributed by atoms with van der Waals surface area (Å²) in [5.74, 6) is 0.937. The number of rotatable bonds is 3. The van der Waals surface area contributed by atoms with Gasteiger partial charge in [0.15, 0.2) is 0 Å². The summed E-state index contributed by atoms with van der Waals surface area (Å²) in [5, 5.41) is 3.12. The average Bonchev–Trinajstić information content (AvgIpc) is 3.11. The van der Waals surface area contributed by atoms with Crippen molar-refractivity contribution in [3.8, 4) is 0 Å². The quantitative estimate of drug-likeness (QED) is 0.782. The van der Waals surface area contributed by atoms with Gasteiger partial charge in [0.1, 0.15) is 5.54 Å². The van der Waals surface area contributed by atoms with Crippen LogP contribution < -0.4 is 10.2 Å². The summed E-state index contributed by atoms with van der Waals surface area (Å²) in [5.41, 5.74) is 2.30. The molecule has 3 fully saturated rings. The van der Waals surface area contributed by atoms with Gasteiger partial charge in [0.25, 0.3) is 0 Å². The highest BCUT2D eigenvalue weighted by Crippen LogP contribution is 2.39. The first-order valence-electron chi connectivity index (χ1n) is 11.2. The van der Waals surface area contributed by atoms with Gasteiger partial charge in [-0.1, -0.05) is 48.5 Å². The number of benzene rings is 2. The lowest BCUT2D eigenvalue weighted by molar-refractivity contribution is -0.125. The number of para-hydroxylation sites is 1. The van der Waals surface area contributed by atoms with Crippen molar-refractivity contribution in [2.45, 2.75) is 56.0 Å². The van der Waals surface area contributed by atoms with Crippen molar-refractivity contribution >= 4 is 24.0 Å². The summed E-state index contributed by atoms with van der Waals surface area (Å²) >= 11 is 0. The van der Waals surface area contributed by atoms with E-state index in [2.05, 4.69) is 69.7 Å². The van der Waals surface area contributed by atoms with Crippen molar-refractivity contribution in [3.05, 3.63) is 66.2 Å². The Bertz CT molecular complexity index is 828. The van der Waals surface area contributed by atoms with Gasteiger partial charge >= 0.3 is 0 Å². The lowest BCUT2D eigenvalue weighted by Gasteiger charge is -2.46. The maximum absolute atomic E-state index is 12.8. The Kier molecular flexibility index (Phi) is 6.35. The van der Waals surface area contributed by atoms with E-state index in [-0.39, 0.29) is 23.9 Å². The van der Waals surface area contributed by atoms with E-state index in [0.29, 0.717) is 12.7 Å². The van der Waals surface area contributed by atoms with Crippen LogP contribution in [0.1, 0.15) is 50.0 Å². The van der Waals surface area contributed by atoms with E-state index in [4.69, 9.17) is 0 Å². The number of anilines is 1. The summed E-state index contributed by atoms with van der Waals surface area (Å²) in [6.07, 6.45) is 6.97. The monoisotopic (exact) mass is 425 g/mol. The van der Waals surface area contributed by atoms with E-state index in [1.54, 1.807) is 0 Å². The normalized spacial score (nSPS) is 26.3. The highest BCUT2D eigenvalue weighted by Gasteiger charge is 2.50. The first-order valence-corrected chi connectivity index (χ1v) is 11.2. The molecule has 30 heavy (non-hydrogen) atoms. The van der Waals surface area contributed by atoms with Gasteiger partial charge in [0, 0.05) is 24.8 Å². The van der Waals surface area contributed by atoms with Crippen LogP contribution in [0.3, 0.4) is 0 Å². The zero-order valence-corrected chi connectivity index (χ0v) is 18.3. The Morgan fingerprint density at radius 2 is 1.43 bits per heavy atom. The smallest absolute Gasteiger partial charge is 0.247 e.